The molecule has 0 radical (unpaired) electrons. The van der Waals surface area contributed by atoms with Gasteiger partial charge in [-0.15, -0.1) is 0 Å². The quantitative estimate of drug-likeness (QED) is 0.581. The summed E-state index contributed by atoms with van der Waals surface area (Å²) in [6.07, 6.45) is 0.237. The van der Waals surface area contributed by atoms with Crippen LogP contribution >= 0.6 is 0 Å². The number of hydrogen-bond donors (Lipinski definition) is 3. The van der Waals surface area contributed by atoms with E-state index in [1.54, 1.807) is 0 Å². The molecule has 7 heteroatoms. The van der Waals surface area contributed by atoms with E-state index in [2.05, 4.69) is 10.6 Å². The van der Waals surface area contributed by atoms with Crippen molar-refractivity contribution in [3.05, 3.63) is 35.9 Å². The van der Waals surface area contributed by atoms with Crippen LogP contribution in [0.5, 0.6) is 0 Å². The number of benzene rings is 1. The zero-order valence-electron chi connectivity index (χ0n) is 16.4. The van der Waals surface area contributed by atoms with E-state index in [1.807, 2.05) is 58.0 Å². The maximum atomic E-state index is 12.6. The molecule has 0 aliphatic carbocycles. The van der Waals surface area contributed by atoms with E-state index < -0.39 is 30.1 Å². The Bertz CT molecular complexity index is 618. The monoisotopic (exact) mass is 378 g/mol. The second-order valence-corrected chi connectivity index (χ2v) is 7.10. The van der Waals surface area contributed by atoms with Gasteiger partial charge in [0, 0.05) is 0 Å². The highest BCUT2D eigenvalue weighted by molar-refractivity contribution is 5.89. The minimum Gasteiger partial charge on any atom is -0.480 e. The fourth-order valence-corrected chi connectivity index (χ4v) is 2.55. The molecule has 0 heterocycles. The maximum Gasteiger partial charge on any atom is 0.408 e. The highest BCUT2D eigenvalue weighted by Gasteiger charge is 2.30. The van der Waals surface area contributed by atoms with Crippen LogP contribution in [-0.4, -0.2) is 35.2 Å². The van der Waals surface area contributed by atoms with Gasteiger partial charge in [0.1, 0.15) is 18.7 Å². The van der Waals surface area contributed by atoms with Crippen molar-refractivity contribution in [3.63, 3.8) is 0 Å². The molecule has 0 saturated carbocycles. The number of carboxylic acids is 1. The number of carbonyl (C=O) groups is 3. The largest absolute Gasteiger partial charge is 0.480 e. The van der Waals surface area contributed by atoms with Crippen LogP contribution in [0, 0.1) is 11.8 Å². The second kappa shape index (κ2) is 11.2. The Morgan fingerprint density at radius 1 is 1.07 bits per heavy atom. The molecule has 0 fully saturated rings. The molecule has 2 amide bonds. The summed E-state index contributed by atoms with van der Waals surface area (Å²) >= 11 is 0. The van der Waals surface area contributed by atoms with E-state index in [0.29, 0.717) is 12.8 Å². The van der Waals surface area contributed by atoms with Crippen molar-refractivity contribution >= 4 is 18.0 Å². The van der Waals surface area contributed by atoms with Crippen LogP contribution in [-0.2, 0) is 20.9 Å². The van der Waals surface area contributed by atoms with Crippen molar-refractivity contribution in [2.24, 2.45) is 11.8 Å². The van der Waals surface area contributed by atoms with Gasteiger partial charge in [0.2, 0.25) is 5.91 Å². The van der Waals surface area contributed by atoms with Crippen LogP contribution in [0.2, 0.25) is 0 Å². The fourth-order valence-electron chi connectivity index (χ4n) is 2.55. The standard InChI is InChI=1S/C20H30N2O5/c1-5-14(4)17(18(23)21-16(19(24)25)11-13(2)3)22-20(26)27-12-15-9-7-6-8-10-15/h6-10,13-14,16-17H,5,11-12H2,1-4H3,(H,21,23)(H,22,26)(H,24,25)/t14-,16+,17+/m1/s1. The lowest BCUT2D eigenvalue weighted by Crippen LogP contribution is -2.54. The van der Waals surface area contributed by atoms with Crippen molar-refractivity contribution in [2.75, 3.05) is 0 Å². The minimum atomic E-state index is -1.09. The number of carboxylic acid groups (broad SMARTS) is 1. The summed E-state index contributed by atoms with van der Waals surface area (Å²) in [6.45, 7) is 7.57. The predicted octanol–water partition coefficient (Wildman–Crippen LogP) is 2.94. The smallest absolute Gasteiger partial charge is 0.408 e. The summed E-state index contributed by atoms with van der Waals surface area (Å²) in [5, 5.41) is 14.4. The van der Waals surface area contributed by atoms with Crippen molar-refractivity contribution < 1.29 is 24.2 Å². The summed E-state index contributed by atoms with van der Waals surface area (Å²) in [7, 11) is 0. The second-order valence-electron chi connectivity index (χ2n) is 7.10. The number of carbonyl (C=O) groups excluding carboxylic acids is 2. The Labute approximate surface area is 160 Å². The third kappa shape index (κ3) is 8.11. The highest BCUT2D eigenvalue weighted by Crippen LogP contribution is 2.11. The van der Waals surface area contributed by atoms with Crippen LogP contribution in [0.25, 0.3) is 0 Å². The van der Waals surface area contributed by atoms with E-state index >= 15 is 0 Å². The van der Waals surface area contributed by atoms with Crippen LogP contribution in [0.3, 0.4) is 0 Å². The first-order valence-corrected chi connectivity index (χ1v) is 9.24. The minimum absolute atomic E-state index is 0.0899. The Hall–Kier alpha value is -2.57. The molecule has 0 aliphatic heterocycles. The SMILES string of the molecule is CC[C@@H](C)[C@H](NC(=O)OCc1ccccc1)C(=O)N[C@@H](CC(C)C)C(=O)O. The Morgan fingerprint density at radius 2 is 1.70 bits per heavy atom. The van der Waals surface area contributed by atoms with Crippen LogP contribution in [0.1, 0.15) is 46.1 Å². The number of ether oxygens (including phenoxy) is 1. The molecule has 7 nitrogen and oxygen atoms in total. The van der Waals surface area contributed by atoms with E-state index in [4.69, 9.17) is 4.74 Å². The van der Waals surface area contributed by atoms with Gasteiger partial charge in [-0.3, -0.25) is 4.79 Å². The lowest BCUT2D eigenvalue weighted by molar-refractivity contribution is -0.142. The van der Waals surface area contributed by atoms with E-state index in [-0.39, 0.29) is 18.4 Å². The molecule has 150 valence electrons. The van der Waals surface area contributed by atoms with E-state index in [0.717, 1.165) is 5.56 Å². The average molecular weight is 378 g/mol. The third-order valence-electron chi connectivity index (χ3n) is 4.30. The van der Waals surface area contributed by atoms with Gasteiger partial charge in [-0.05, 0) is 23.8 Å². The van der Waals surface area contributed by atoms with Crippen molar-refractivity contribution in [1.29, 1.82) is 0 Å². The summed E-state index contributed by atoms with van der Waals surface area (Å²) in [6, 6.07) is 7.34. The molecule has 1 aromatic carbocycles. The van der Waals surface area contributed by atoms with Gasteiger partial charge in [0.15, 0.2) is 0 Å². The zero-order chi connectivity index (χ0) is 20.4. The molecular formula is C20H30N2O5. The van der Waals surface area contributed by atoms with Crippen LogP contribution in [0.4, 0.5) is 4.79 Å². The first kappa shape index (κ1) is 22.5. The third-order valence-corrected chi connectivity index (χ3v) is 4.30. The van der Waals surface area contributed by atoms with Gasteiger partial charge in [-0.2, -0.15) is 0 Å². The molecule has 0 saturated heterocycles. The highest BCUT2D eigenvalue weighted by atomic mass is 16.5. The maximum absolute atomic E-state index is 12.6. The van der Waals surface area contributed by atoms with Gasteiger partial charge >= 0.3 is 12.1 Å². The number of nitrogens with one attached hydrogen (secondary N) is 2. The molecule has 0 aliphatic rings. The predicted molar refractivity (Wildman–Crippen MR) is 102 cm³/mol. The molecule has 27 heavy (non-hydrogen) atoms. The average Bonchev–Trinajstić information content (AvgIpc) is 2.63. The summed E-state index contributed by atoms with van der Waals surface area (Å²) in [5.74, 6) is -1.68. The fraction of sp³-hybridized carbons (Fsp3) is 0.550. The summed E-state index contributed by atoms with van der Waals surface area (Å²) in [4.78, 5) is 36.1. The summed E-state index contributed by atoms with van der Waals surface area (Å²) in [5.41, 5.74) is 0.833. The molecule has 3 N–H and O–H groups in total. The molecule has 0 bridgehead atoms. The first-order valence-electron chi connectivity index (χ1n) is 9.24. The Balaban J connectivity index is 2.71. The zero-order valence-corrected chi connectivity index (χ0v) is 16.4. The lowest BCUT2D eigenvalue weighted by atomic mass is 9.97. The molecule has 3 atom stereocenters. The number of alkyl carbamates (subject to hydrolysis) is 1. The molecule has 1 rings (SSSR count). The van der Waals surface area contributed by atoms with Gasteiger partial charge < -0.3 is 20.5 Å². The van der Waals surface area contributed by atoms with Gasteiger partial charge in [-0.25, -0.2) is 9.59 Å². The van der Waals surface area contributed by atoms with Gasteiger partial charge in [0.05, 0.1) is 0 Å². The summed E-state index contributed by atoms with van der Waals surface area (Å²) < 4.78 is 5.17. The van der Waals surface area contributed by atoms with Crippen LogP contribution < -0.4 is 10.6 Å². The van der Waals surface area contributed by atoms with Crippen molar-refractivity contribution in [1.82, 2.24) is 10.6 Å². The molecular weight excluding hydrogens is 348 g/mol. The molecule has 1 aromatic rings. The van der Waals surface area contributed by atoms with Gasteiger partial charge in [-0.1, -0.05) is 64.4 Å². The molecule has 0 aromatic heterocycles. The number of rotatable bonds is 10. The molecule has 0 unspecified atom stereocenters. The first-order chi connectivity index (χ1) is 12.7. The Morgan fingerprint density at radius 3 is 2.22 bits per heavy atom. The lowest BCUT2D eigenvalue weighted by Gasteiger charge is -2.25. The number of aliphatic carboxylic acids is 1. The van der Waals surface area contributed by atoms with E-state index in [1.165, 1.54) is 0 Å². The van der Waals surface area contributed by atoms with Gasteiger partial charge in [0.25, 0.3) is 0 Å². The van der Waals surface area contributed by atoms with Crippen LogP contribution in [0.15, 0.2) is 30.3 Å². The Kier molecular flexibility index (Phi) is 9.33. The van der Waals surface area contributed by atoms with E-state index in [9.17, 15) is 19.5 Å². The number of amides is 2. The normalized spacial score (nSPS) is 14.1. The topological polar surface area (TPSA) is 105 Å². The number of hydrogen-bond acceptors (Lipinski definition) is 4. The van der Waals surface area contributed by atoms with Crippen molar-refractivity contribution in [2.45, 2.75) is 59.2 Å². The molecule has 0 spiro atoms. The van der Waals surface area contributed by atoms with Crippen molar-refractivity contribution in [3.8, 4) is 0 Å².